The molecule has 0 N–H and O–H groups in total. The molecule has 0 aromatic heterocycles. The van der Waals surface area contributed by atoms with Crippen molar-refractivity contribution in [1.82, 2.24) is 4.90 Å². The Kier molecular flexibility index (Phi) is 9.17. The summed E-state index contributed by atoms with van der Waals surface area (Å²) in [4.78, 5) is 2.12. The maximum absolute atomic E-state index is 3.68. The number of hydrogen-bond donors (Lipinski definition) is 0. The van der Waals surface area contributed by atoms with Crippen molar-refractivity contribution in [3.8, 4) is 0 Å². The molecular weight excluding hydrogens is 110 g/mol. The first-order chi connectivity index (χ1) is 2.77. The minimum Gasteiger partial charge on any atom is -0.309 e. The Morgan fingerprint density at radius 3 is 1.86 bits per heavy atom. The molecule has 0 saturated carbocycles. The van der Waals surface area contributed by atoms with Gasteiger partial charge < -0.3 is 4.90 Å². The zero-order chi connectivity index (χ0) is 4.99. The van der Waals surface area contributed by atoms with E-state index in [0.717, 1.165) is 13.0 Å². The summed E-state index contributed by atoms with van der Waals surface area (Å²) in [7, 11) is 4.09. The van der Waals surface area contributed by atoms with Gasteiger partial charge in [0, 0.05) is 0 Å². The Labute approximate surface area is 52.1 Å². The molecule has 0 spiro atoms. The largest absolute Gasteiger partial charge is 0.309 e. The highest BCUT2D eigenvalue weighted by Gasteiger charge is 1.79. The molecule has 0 heterocycles. The molecule has 2 heteroatoms. The van der Waals surface area contributed by atoms with Crippen LogP contribution in [0.2, 0.25) is 0 Å². The summed E-state index contributed by atoms with van der Waals surface area (Å²) >= 11 is 0. The first-order valence-corrected chi connectivity index (χ1v) is 2.21. The van der Waals surface area contributed by atoms with Gasteiger partial charge in [-0.25, -0.2) is 0 Å². The van der Waals surface area contributed by atoms with Gasteiger partial charge >= 0.3 is 0 Å². The lowest BCUT2D eigenvalue weighted by molar-refractivity contribution is 0.416. The summed E-state index contributed by atoms with van der Waals surface area (Å²) in [6, 6.07) is 0. The van der Waals surface area contributed by atoms with E-state index in [0.29, 0.717) is 0 Å². The van der Waals surface area contributed by atoms with Crippen LogP contribution in [0.25, 0.3) is 0 Å². The molecule has 0 aromatic rings. The smallest absolute Gasteiger partial charge is 0.00248 e. The molecule has 0 fully saturated rings. The minimum absolute atomic E-state index is 0. The van der Waals surface area contributed by atoms with Gasteiger partial charge in [-0.15, -0.1) is 12.4 Å². The Morgan fingerprint density at radius 2 is 1.86 bits per heavy atom. The topological polar surface area (TPSA) is 3.24 Å². The predicted octanol–water partition coefficient (Wildman–Crippen LogP) is 1.19. The van der Waals surface area contributed by atoms with Crippen molar-refractivity contribution in [2.45, 2.75) is 6.42 Å². The molecule has 7 heavy (non-hydrogen) atoms. The fraction of sp³-hybridized carbons (Fsp3) is 0.800. The van der Waals surface area contributed by atoms with Crippen LogP contribution >= 0.6 is 12.4 Å². The van der Waals surface area contributed by atoms with Gasteiger partial charge in [0.25, 0.3) is 0 Å². The van der Waals surface area contributed by atoms with Gasteiger partial charge in [-0.2, -0.15) is 0 Å². The molecule has 0 atom stereocenters. The molecule has 0 amide bonds. The van der Waals surface area contributed by atoms with Crippen molar-refractivity contribution >= 4 is 12.4 Å². The van der Waals surface area contributed by atoms with Gasteiger partial charge in [-0.05, 0) is 27.1 Å². The zero-order valence-corrected chi connectivity index (χ0v) is 5.79. The fourth-order valence-corrected chi connectivity index (χ4v) is 0.316. The normalized spacial score (nSPS) is 8.57. The molecule has 0 bridgehead atoms. The number of rotatable bonds is 2. The fourth-order valence-electron chi connectivity index (χ4n) is 0.316. The first kappa shape index (κ1) is 10.3. The van der Waals surface area contributed by atoms with E-state index < -0.39 is 0 Å². The van der Waals surface area contributed by atoms with Crippen molar-refractivity contribution < 1.29 is 0 Å². The molecule has 1 nitrogen and oxygen atoms in total. The summed E-state index contributed by atoms with van der Waals surface area (Å²) in [6.45, 7) is 4.78. The summed E-state index contributed by atoms with van der Waals surface area (Å²) < 4.78 is 0. The van der Waals surface area contributed by atoms with Crippen molar-refractivity contribution in [2.24, 2.45) is 0 Å². The molecule has 0 rings (SSSR count). The monoisotopic (exact) mass is 122 g/mol. The quantitative estimate of drug-likeness (QED) is 0.532. The van der Waals surface area contributed by atoms with Crippen LogP contribution in [0.1, 0.15) is 6.42 Å². The molecule has 1 radical (unpaired) electrons. The Balaban J connectivity index is 0. The molecule has 0 aliphatic carbocycles. The van der Waals surface area contributed by atoms with E-state index in [9.17, 15) is 0 Å². The van der Waals surface area contributed by atoms with Gasteiger partial charge in [0.05, 0.1) is 0 Å². The molecular formula is C5H13ClN. The van der Waals surface area contributed by atoms with Crippen molar-refractivity contribution in [3.05, 3.63) is 6.92 Å². The minimum atomic E-state index is 0. The standard InChI is InChI=1S/C5H12N.ClH/c1-4-5-6(2)3;/h1,4-5H2,2-3H3;1H. The molecule has 0 unspecified atom stereocenters. The van der Waals surface area contributed by atoms with Crippen LogP contribution in [-0.4, -0.2) is 25.5 Å². The summed E-state index contributed by atoms with van der Waals surface area (Å²) in [5, 5.41) is 0. The van der Waals surface area contributed by atoms with Gasteiger partial charge in [0.15, 0.2) is 0 Å². The highest BCUT2D eigenvalue weighted by Crippen LogP contribution is 1.75. The van der Waals surface area contributed by atoms with Crippen LogP contribution in [0.15, 0.2) is 0 Å². The van der Waals surface area contributed by atoms with E-state index in [-0.39, 0.29) is 12.4 Å². The SMILES string of the molecule is Cl.[CH2]CCN(C)C. The highest BCUT2D eigenvalue weighted by molar-refractivity contribution is 5.85. The van der Waals surface area contributed by atoms with Gasteiger partial charge in [0.2, 0.25) is 0 Å². The summed E-state index contributed by atoms with van der Waals surface area (Å²) in [5.41, 5.74) is 0. The number of hydrogen-bond acceptors (Lipinski definition) is 1. The summed E-state index contributed by atoms with van der Waals surface area (Å²) in [5.74, 6) is 0. The third-order valence-corrected chi connectivity index (χ3v) is 0.605. The lowest BCUT2D eigenvalue weighted by atomic mass is 10.5. The van der Waals surface area contributed by atoms with Gasteiger partial charge in [-0.1, -0.05) is 6.92 Å². The Morgan fingerprint density at radius 1 is 1.43 bits per heavy atom. The highest BCUT2D eigenvalue weighted by atomic mass is 35.5. The second kappa shape index (κ2) is 6.25. The van der Waals surface area contributed by atoms with Gasteiger partial charge in [-0.3, -0.25) is 0 Å². The van der Waals surface area contributed by atoms with Gasteiger partial charge in [0.1, 0.15) is 0 Å². The zero-order valence-electron chi connectivity index (χ0n) is 4.98. The van der Waals surface area contributed by atoms with Crippen LogP contribution < -0.4 is 0 Å². The van der Waals surface area contributed by atoms with Crippen molar-refractivity contribution in [3.63, 3.8) is 0 Å². The number of nitrogens with zero attached hydrogens (tertiary/aromatic N) is 1. The second-order valence-corrected chi connectivity index (χ2v) is 1.66. The third-order valence-electron chi connectivity index (χ3n) is 0.605. The summed E-state index contributed by atoms with van der Waals surface area (Å²) in [6.07, 6.45) is 1.01. The predicted molar refractivity (Wildman–Crippen MR) is 35.8 cm³/mol. The van der Waals surface area contributed by atoms with Crippen LogP contribution in [0, 0.1) is 6.92 Å². The average Bonchev–Trinajstić information content (AvgIpc) is 1.35. The first-order valence-electron chi connectivity index (χ1n) is 2.21. The van der Waals surface area contributed by atoms with E-state index in [1.165, 1.54) is 0 Å². The molecule has 0 aliphatic heterocycles. The third kappa shape index (κ3) is 10.7. The maximum atomic E-state index is 3.68. The van der Waals surface area contributed by atoms with E-state index in [4.69, 9.17) is 0 Å². The Bertz CT molecular complexity index is 29.3. The number of halogens is 1. The van der Waals surface area contributed by atoms with E-state index in [1.54, 1.807) is 0 Å². The van der Waals surface area contributed by atoms with Crippen LogP contribution in [0.4, 0.5) is 0 Å². The average molecular weight is 123 g/mol. The lowest BCUT2D eigenvalue weighted by Crippen LogP contribution is -2.11. The molecule has 0 aliphatic rings. The van der Waals surface area contributed by atoms with Crippen LogP contribution in [0.3, 0.4) is 0 Å². The van der Waals surface area contributed by atoms with Crippen LogP contribution in [-0.2, 0) is 0 Å². The molecule has 0 saturated heterocycles. The Hall–Kier alpha value is 0.250. The van der Waals surface area contributed by atoms with E-state index in [1.807, 2.05) is 14.1 Å². The lowest BCUT2D eigenvalue weighted by Gasteiger charge is -2.03. The van der Waals surface area contributed by atoms with Crippen molar-refractivity contribution in [1.29, 1.82) is 0 Å². The molecule has 0 aromatic carbocycles. The maximum Gasteiger partial charge on any atom is -0.00248 e. The van der Waals surface area contributed by atoms with E-state index in [2.05, 4.69) is 11.8 Å². The van der Waals surface area contributed by atoms with Crippen LogP contribution in [0.5, 0.6) is 0 Å². The second-order valence-electron chi connectivity index (χ2n) is 1.66. The van der Waals surface area contributed by atoms with Crippen molar-refractivity contribution in [2.75, 3.05) is 20.6 Å². The van der Waals surface area contributed by atoms with E-state index >= 15 is 0 Å². The molecule has 45 valence electrons.